The Labute approximate surface area is 91.8 Å². The van der Waals surface area contributed by atoms with Gasteiger partial charge in [0.1, 0.15) is 0 Å². The molecule has 15 heavy (non-hydrogen) atoms. The van der Waals surface area contributed by atoms with E-state index < -0.39 is 0 Å². The van der Waals surface area contributed by atoms with Crippen LogP contribution in [0.2, 0.25) is 0 Å². The summed E-state index contributed by atoms with van der Waals surface area (Å²) in [7, 11) is 0. The average Bonchev–Trinajstić information content (AvgIpc) is 2.41. The van der Waals surface area contributed by atoms with Gasteiger partial charge < -0.3 is 11.1 Å². The second kappa shape index (κ2) is 4.97. The molecule has 0 aromatic rings. The lowest BCUT2D eigenvalue weighted by Gasteiger charge is -2.32. The van der Waals surface area contributed by atoms with Crippen molar-refractivity contribution in [3.63, 3.8) is 0 Å². The molecule has 3 heteroatoms. The number of rotatable bonds is 2. The van der Waals surface area contributed by atoms with Crippen molar-refractivity contribution < 1.29 is 4.79 Å². The maximum absolute atomic E-state index is 11.8. The molecule has 3 nitrogen and oxygen atoms in total. The van der Waals surface area contributed by atoms with Crippen LogP contribution in [0.1, 0.15) is 51.4 Å². The minimum absolute atomic E-state index is 0.211. The Morgan fingerprint density at radius 2 is 1.67 bits per heavy atom. The van der Waals surface area contributed by atoms with Gasteiger partial charge in [-0.2, -0.15) is 0 Å². The Bertz CT molecular complexity index is 216. The third-order valence-corrected chi connectivity index (χ3v) is 3.75. The van der Waals surface area contributed by atoms with E-state index >= 15 is 0 Å². The van der Waals surface area contributed by atoms with Crippen LogP contribution in [0.25, 0.3) is 0 Å². The molecule has 3 N–H and O–H groups in total. The van der Waals surface area contributed by atoms with E-state index in [0.717, 1.165) is 12.8 Å². The fraction of sp³-hybridized carbons (Fsp3) is 0.917. The Hall–Kier alpha value is -0.570. The molecule has 0 bridgehead atoms. The summed E-state index contributed by atoms with van der Waals surface area (Å²) in [6.07, 6.45) is 9.33. The highest BCUT2D eigenvalue weighted by Gasteiger charge is 2.32. The Morgan fingerprint density at radius 1 is 1.07 bits per heavy atom. The van der Waals surface area contributed by atoms with Gasteiger partial charge in [0.2, 0.25) is 5.91 Å². The van der Waals surface area contributed by atoms with Gasteiger partial charge in [-0.25, -0.2) is 0 Å². The molecule has 1 amide bonds. The lowest BCUT2D eigenvalue weighted by molar-refractivity contribution is -0.128. The molecule has 0 atom stereocenters. The SMILES string of the molecule is NC1CC(C(=O)NC2CCCCCC2)C1. The minimum atomic E-state index is 0.211. The third-order valence-electron chi connectivity index (χ3n) is 3.75. The monoisotopic (exact) mass is 210 g/mol. The third kappa shape index (κ3) is 2.94. The predicted octanol–water partition coefficient (Wildman–Crippen LogP) is 1.56. The normalized spacial score (nSPS) is 32.9. The van der Waals surface area contributed by atoms with Crippen LogP contribution in [0, 0.1) is 5.92 Å². The number of nitrogens with one attached hydrogen (secondary N) is 1. The Morgan fingerprint density at radius 3 is 2.20 bits per heavy atom. The molecule has 86 valence electrons. The Kier molecular flexibility index (Phi) is 3.62. The van der Waals surface area contributed by atoms with E-state index in [9.17, 15) is 4.79 Å². The number of carbonyl (C=O) groups is 1. The lowest BCUT2D eigenvalue weighted by atomic mass is 9.80. The van der Waals surface area contributed by atoms with Crippen molar-refractivity contribution in [1.29, 1.82) is 0 Å². The van der Waals surface area contributed by atoms with E-state index in [1.54, 1.807) is 0 Å². The summed E-state index contributed by atoms with van der Waals surface area (Å²) in [6, 6.07) is 0.715. The maximum atomic E-state index is 11.8. The number of carbonyl (C=O) groups excluding carboxylic acids is 1. The molecule has 0 aromatic carbocycles. The van der Waals surface area contributed by atoms with E-state index in [1.165, 1.54) is 38.5 Å². The molecule has 0 radical (unpaired) electrons. The standard InChI is InChI=1S/C12H22N2O/c13-10-7-9(8-10)12(15)14-11-5-3-1-2-4-6-11/h9-11H,1-8,13H2,(H,14,15). The number of amides is 1. The van der Waals surface area contributed by atoms with Crippen molar-refractivity contribution >= 4 is 5.91 Å². The summed E-state index contributed by atoms with van der Waals surface area (Å²) in [4.78, 5) is 11.8. The quantitative estimate of drug-likeness (QED) is 0.680. The van der Waals surface area contributed by atoms with Gasteiger partial charge >= 0.3 is 0 Å². The van der Waals surface area contributed by atoms with Gasteiger partial charge in [0.05, 0.1) is 0 Å². The topological polar surface area (TPSA) is 55.1 Å². The van der Waals surface area contributed by atoms with E-state index in [-0.39, 0.29) is 17.9 Å². The Balaban J connectivity index is 1.72. The van der Waals surface area contributed by atoms with Gasteiger partial charge in [0.15, 0.2) is 0 Å². The van der Waals surface area contributed by atoms with Crippen molar-refractivity contribution in [2.45, 2.75) is 63.5 Å². The number of hydrogen-bond donors (Lipinski definition) is 2. The highest BCUT2D eigenvalue weighted by atomic mass is 16.2. The smallest absolute Gasteiger partial charge is 0.223 e. The van der Waals surface area contributed by atoms with Crippen molar-refractivity contribution in [2.24, 2.45) is 11.7 Å². The second-order valence-electron chi connectivity index (χ2n) is 5.13. The molecule has 0 unspecified atom stereocenters. The zero-order chi connectivity index (χ0) is 10.7. The molecule has 2 fully saturated rings. The van der Waals surface area contributed by atoms with Gasteiger partial charge in [0, 0.05) is 18.0 Å². The molecule has 2 saturated carbocycles. The first-order valence-corrected chi connectivity index (χ1v) is 6.31. The van der Waals surface area contributed by atoms with E-state index in [1.807, 2.05) is 0 Å². The molecule has 2 aliphatic rings. The summed E-state index contributed by atoms with van der Waals surface area (Å²) < 4.78 is 0. The fourth-order valence-corrected chi connectivity index (χ4v) is 2.62. The van der Waals surface area contributed by atoms with Crippen molar-refractivity contribution in [2.75, 3.05) is 0 Å². The first-order chi connectivity index (χ1) is 7.25. The average molecular weight is 210 g/mol. The largest absolute Gasteiger partial charge is 0.353 e. The van der Waals surface area contributed by atoms with Crippen molar-refractivity contribution in [1.82, 2.24) is 5.32 Å². The molecule has 2 aliphatic carbocycles. The van der Waals surface area contributed by atoms with Gasteiger partial charge in [-0.15, -0.1) is 0 Å². The van der Waals surface area contributed by atoms with Gasteiger partial charge in [-0.05, 0) is 25.7 Å². The van der Waals surface area contributed by atoms with Gasteiger partial charge in [-0.1, -0.05) is 25.7 Å². The van der Waals surface area contributed by atoms with Crippen LogP contribution in [0.15, 0.2) is 0 Å². The molecule has 0 aromatic heterocycles. The van der Waals surface area contributed by atoms with Crippen molar-refractivity contribution in [3.05, 3.63) is 0 Å². The van der Waals surface area contributed by atoms with Crippen LogP contribution in [-0.2, 0) is 4.79 Å². The van der Waals surface area contributed by atoms with Crippen LogP contribution >= 0.6 is 0 Å². The summed E-state index contributed by atoms with van der Waals surface area (Å²) >= 11 is 0. The zero-order valence-electron chi connectivity index (χ0n) is 9.37. The molecule has 0 spiro atoms. The second-order valence-corrected chi connectivity index (χ2v) is 5.13. The zero-order valence-corrected chi connectivity index (χ0v) is 9.37. The van der Waals surface area contributed by atoms with E-state index in [4.69, 9.17) is 5.73 Å². The summed E-state index contributed by atoms with van der Waals surface area (Å²) in [6.45, 7) is 0. The highest BCUT2D eigenvalue weighted by Crippen LogP contribution is 2.26. The van der Waals surface area contributed by atoms with Crippen LogP contribution in [0.3, 0.4) is 0 Å². The molecule has 0 saturated heterocycles. The number of hydrogen-bond acceptors (Lipinski definition) is 2. The highest BCUT2D eigenvalue weighted by molar-refractivity contribution is 5.80. The van der Waals surface area contributed by atoms with Crippen LogP contribution in [-0.4, -0.2) is 18.0 Å². The van der Waals surface area contributed by atoms with Gasteiger partial charge in [0.25, 0.3) is 0 Å². The first-order valence-electron chi connectivity index (χ1n) is 6.31. The summed E-state index contributed by atoms with van der Waals surface area (Å²) in [5, 5.41) is 3.19. The van der Waals surface area contributed by atoms with Crippen LogP contribution in [0.5, 0.6) is 0 Å². The molecular formula is C12H22N2O. The minimum Gasteiger partial charge on any atom is -0.353 e. The molecule has 0 heterocycles. The molecule has 0 aliphatic heterocycles. The number of nitrogens with two attached hydrogens (primary N) is 1. The lowest BCUT2D eigenvalue weighted by Crippen LogP contribution is -2.47. The van der Waals surface area contributed by atoms with Crippen LogP contribution in [0.4, 0.5) is 0 Å². The summed E-state index contributed by atoms with van der Waals surface area (Å²) in [5.74, 6) is 0.465. The fourth-order valence-electron chi connectivity index (χ4n) is 2.62. The summed E-state index contributed by atoms with van der Waals surface area (Å²) in [5.41, 5.74) is 5.68. The maximum Gasteiger partial charge on any atom is 0.223 e. The van der Waals surface area contributed by atoms with Crippen LogP contribution < -0.4 is 11.1 Å². The predicted molar refractivity (Wildman–Crippen MR) is 60.3 cm³/mol. The van der Waals surface area contributed by atoms with Gasteiger partial charge in [-0.3, -0.25) is 4.79 Å². The first kappa shape index (κ1) is 10.9. The molecular weight excluding hydrogens is 188 g/mol. The van der Waals surface area contributed by atoms with E-state index in [0.29, 0.717) is 6.04 Å². The molecule has 2 rings (SSSR count). The van der Waals surface area contributed by atoms with Crippen molar-refractivity contribution in [3.8, 4) is 0 Å². The van der Waals surface area contributed by atoms with E-state index in [2.05, 4.69) is 5.32 Å².